The van der Waals surface area contributed by atoms with Crippen LogP contribution in [0.4, 0.5) is 14.5 Å². The van der Waals surface area contributed by atoms with Crippen LogP contribution in [0.2, 0.25) is 0 Å². The molecule has 150 valence electrons. The molecule has 1 saturated heterocycles. The van der Waals surface area contributed by atoms with Gasteiger partial charge in [-0.2, -0.15) is 0 Å². The number of anilines is 1. The minimum absolute atomic E-state index is 0.0352. The first kappa shape index (κ1) is 20.9. The molecule has 3 rings (SSSR count). The van der Waals surface area contributed by atoms with E-state index in [1.54, 1.807) is 6.07 Å². The first-order valence-corrected chi connectivity index (χ1v) is 11.1. The molecule has 5 nitrogen and oxygen atoms in total. The van der Waals surface area contributed by atoms with Crippen molar-refractivity contribution >= 4 is 37.5 Å². The second kappa shape index (κ2) is 8.67. The van der Waals surface area contributed by atoms with E-state index >= 15 is 0 Å². The summed E-state index contributed by atoms with van der Waals surface area (Å²) in [6.45, 7) is 0.355. The molecule has 28 heavy (non-hydrogen) atoms. The molecular formula is C19H19BrF2N2O3S. The van der Waals surface area contributed by atoms with Crippen LogP contribution >= 0.6 is 15.9 Å². The molecule has 1 amide bonds. The van der Waals surface area contributed by atoms with Gasteiger partial charge in [0.15, 0.2) is 0 Å². The van der Waals surface area contributed by atoms with E-state index in [0.717, 1.165) is 0 Å². The lowest BCUT2D eigenvalue weighted by atomic mass is 9.98. The quantitative estimate of drug-likeness (QED) is 0.717. The molecule has 0 spiro atoms. The van der Waals surface area contributed by atoms with Crippen molar-refractivity contribution in [3.05, 3.63) is 64.1 Å². The van der Waals surface area contributed by atoms with E-state index in [2.05, 4.69) is 21.2 Å². The van der Waals surface area contributed by atoms with Gasteiger partial charge in [-0.3, -0.25) is 4.79 Å². The third kappa shape index (κ3) is 5.15. The Morgan fingerprint density at radius 3 is 2.57 bits per heavy atom. The third-order valence-corrected chi connectivity index (χ3v) is 6.91. The zero-order valence-corrected chi connectivity index (χ0v) is 17.3. The second-order valence-electron chi connectivity index (χ2n) is 6.69. The molecule has 1 aliphatic rings. The van der Waals surface area contributed by atoms with Crippen molar-refractivity contribution in [1.82, 2.24) is 4.31 Å². The Morgan fingerprint density at radius 1 is 1.18 bits per heavy atom. The molecule has 2 aromatic rings. The second-order valence-corrected chi connectivity index (χ2v) is 9.58. The molecule has 0 bridgehead atoms. The van der Waals surface area contributed by atoms with Gasteiger partial charge in [0.25, 0.3) is 0 Å². The summed E-state index contributed by atoms with van der Waals surface area (Å²) in [6.07, 6.45) is 1.05. The summed E-state index contributed by atoms with van der Waals surface area (Å²) in [5.41, 5.74) is 0.532. The number of nitrogens with one attached hydrogen (secondary N) is 1. The van der Waals surface area contributed by atoms with Crippen molar-refractivity contribution in [3.63, 3.8) is 0 Å². The van der Waals surface area contributed by atoms with E-state index in [0.29, 0.717) is 29.4 Å². The first-order valence-electron chi connectivity index (χ1n) is 8.73. The predicted octanol–water partition coefficient (Wildman–Crippen LogP) is 3.91. The summed E-state index contributed by atoms with van der Waals surface area (Å²) in [6, 6.07) is 9.58. The molecule has 1 heterocycles. The SMILES string of the molecule is O=C(Nc1ccc(Br)cc1F)[C@@H]1CCCN(S(=O)(=O)Cc2ccc(F)cc2)C1. The number of benzene rings is 2. The van der Waals surface area contributed by atoms with Crippen LogP contribution in [0, 0.1) is 17.6 Å². The number of halogens is 3. The lowest BCUT2D eigenvalue weighted by Crippen LogP contribution is -2.44. The van der Waals surface area contributed by atoms with Gasteiger partial charge in [0.2, 0.25) is 15.9 Å². The standard InChI is InChI=1S/C19H19BrF2N2O3S/c20-15-5-8-18(17(22)10-15)23-19(25)14-2-1-9-24(11-14)28(26,27)12-13-3-6-16(21)7-4-13/h3-8,10,14H,1-2,9,11-12H2,(H,23,25)/t14-/m1/s1. The van der Waals surface area contributed by atoms with Gasteiger partial charge in [-0.15, -0.1) is 0 Å². The number of hydrogen-bond donors (Lipinski definition) is 1. The first-order chi connectivity index (χ1) is 13.2. The summed E-state index contributed by atoms with van der Waals surface area (Å²) in [4.78, 5) is 12.5. The third-order valence-electron chi connectivity index (χ3n) is 4.60. The molecule has 0 radical (unpaired) electrons. The Bertz CT molecular complexity index is 968. The van der Waals surface area contributed by atoms with Crippen molar-refractivity contribution in [2.24, 2.45) is 5.92 Å². The smallest absolute Gasteiger partial charge is 0.228 e. The summed E-state index contributed by atoms with van der Waals surface area (Å²) in [5.74, 6) is -2.25. The average Bonchev–Trinajstić information content (AvgIpc) is 2.66. The zero-order chi connectivity index (χ0) is 20.3. The molecular weight excluding hydrogens is 454 g/mol. The fraction of sp³-hybridized carbons (Fsp3) is 0.316. The Morgan fingerprint density at radius 2 is 1.89 bits per heavy atom. The van der Waals surface area contributed by atoms with Crippen LogP contribution in [0.3, 0.4) is 0 Å². The molecule has 1 N–H and O–H groups in total. The van der Waals surface area contributed by atoms with E-state index < -0.39 is 33.5 Å². The lowest BCUT2D eigenvalue weighted by molar-refractivity contribution is -0.120. The Kier molecular flexibility index (Phi) is 6.47. The molecule has 0 aliphatic carbocycles. The van der Waals surface area contributed by atoms with E-state index in [-0.39, 0.29) is 18.0 Å². The number of sulfonamides is 1. The van der Waals surface area contributed by atoms with Gasteiger partial charge < -0.3 is 5.32 Å². The van der Waals surface area contributed by atoms with Crippen LogP contribution in [0.15, 0.2) is 46.9 Å². The van der Waals surface area contributed by atoms with E-state index in [4.69, 9.17) is 0 Å². The molecule has 1 atom stereocenters. The van der Waals surface area contributed by atoms with Crippen LogP contribution in [-0.2, 0) is 20.6 Å². The van der Waals surface area contributed by atoms with Crippen LogP contribution in [0.5, 0.6) is 0 Å². The monoisotopic (exact) mass is 472 g/mol. The number of amides is 1. The number of piperidine rings is 1. The molecule has 9 heteroatoms. The van der Waals surface area contributed by atoms with E-state index in [9.17, 15) is 22.0 Å². The Labute approximate surface area is 170 Å². The van der Waals surface area contributed by atoms with Gasteiger partial charge in [-0.05, 0) is 48.7 Å². The number of carbonyl (C=O) groups excluding carboxylic acids is 1. The topological polar surface area (TPSA) is 66.5 Å². The maximum Gasteiger partial charge on any atom is 0.228 e. The fourth-order valence-corrected chi connectivity index (χ4v) is 5.06. The minimum atomic E-state index is -3.65. The maximum atomic E-state index is 13.9. The van der Waals surface area contributed by atoms with Gasteiger partial charge >= 0.3 is 0 Å². The number of carbonyl (C=O) groups is 1. The average molecular weight is 473 g/mol. The normalized spacial score (nSPS) is 18.0. The van der Waals surface area contributed by atoms with Crippen molar-refractivity contribution in [1.29, 1.82) is 0 Å². The van der Waals surface area contributed by atoms with Gasteiger partial charge in [0, 0.05) is 17.6 Å². The molecule has 1 aliphatic heterocycles. The Balaban J connectivity index is 1.67. The highest BCUT2D eigenvalue weighted by Gasteiger charge is 2.32. The summed E-state index contributed by atoms with van der Waals surface area (Å²) < 4.78 is 54.2. The van der Waals surface area contributed by atoms with Crippen molar-refractivity contribution in [2.75, 3.05) is 18.4 Å². The predicted molar refractivity (Wildman–Crippen MR) is 106 cm³/mol. The van der Waals surface area contributed by atoms with Crippen LogP contribution in [-0.4, -0.2) is 31.7 Å². The van der Waals surface area contributed by atoms with Gasteiger partial charge in [-0.1, -0.05) is 28.1 Å². The molecule has 0 aromatic heterocycles. The minimum Gasteiger partial charge on any atom is -0.323 e. The van der Waals surface area contributed by atoms with Crippen molar-refractivity contribution < 1.29 is 22.0 Å². The highest BCUT2D eigenvalue weighted by molar-refractivity contribution is 9.10. The number of rotatable bonds is 5. The highest BCUT2D eigenvalue weighted by Crippen LogP contribution is 2.25. The van der Waals surface area contributed by atoms with Crippen LogP contribution in [0.25, 0.3) is 0 Å². The molecule has 1 fully saturated rings. The lowest BCUT2D eigenvalue weighted by Gasteiger charge is -2.31. The van der Waals surface area contributed by atoms with Crippen LogP contribution < -0.4 is 5.32 Å². The maximum absolute atomic E-state index is 13.9. The van der Waals surface area contributed by atoms with Crippen molar-refractivity contribution in [3.8, 4) is 0 Å². The van der Waals surface area contributed by atoms with E-state index in [1.807, 2.05) is 0 Å². The molecule has 0 unspecified atom stereocenters. The summed E-state index contributed by atoms with van der Waals surface area (Å²) in [5, 5.41) is 2.54. The number of nitrogens with zero attached hydrogens (tertiary/aromatic N) is 1. The number of hydrogen-bond acceptors (Lipinski definition) is 3. The van der Waals surface area contributed by atoms with Gasteiger partial charge in [-0.25, -0.2) is 21.5 Å². The fourth-order valence-electron chi connectivity index (χ4n) is 3.12. The van der Waals surface area contributed by atoms with Gasteiger partial charge in [0.05, 0.1) is 17.4 Å². The highest BCUT2D eigenvalue weighted by atomic mass is 79.9. The van der Waals surface area contributed by atoms with Gasteiger partial charge in [0.1, 0.15) is 11.6 Å². The Hall–Kier alpha value is -1.84. The molecule has 0 saturated carbocycles. The van der Waals surface area contributed by atoms with Crippen LogP contribution in [0.1, 0.15) is 18.4 Å². The van der Waals surface area contributed by atoms with Crippen molar-refractivity contribution in [2.45, 2.75) is 18.6 Å². The summed E-state index contributed by atoms with van der Waals surface area (Å²) >= 11 is 3.15. The zero-order valence-electron chi connectivity index (χ0n) is 14.9. The van der Waals surface area contributed by atoms with E-state index in [1.165, 1.54) is 40.7 Å². The summed E-state index contributed by atoms with van der Waals surface area (Å²) in [7, 11) is -3.65. The largest absolute Gasteiger partial charge is 0.323 e. The molecule has 2 aromatic carbocycles.